The van der Waals surface area contributed by atoms with Crippen LogP contribution < -0.4 is 16.0 Å². The predicted octanol–water partition coefficient (Wildman–Crippen LogP) is 6.17. The third-order valence-corrected chi connectivity index (χ3v) is 5.37. The van der Waals surface area contributed by atoms with Gasteiger partial charge in [0.25, 0.3) is 5.91 Å². The molecule has 0 aliphatic heterocycles. The van der Waals surface area contributed by atoms with E-state index in [1.807, 2.05) is 37.3 Å². The number of nitrogens with one attached hydrogen (secondary N) is 3. The number of carbonyl (C=O) groups excluding carboxylic acids is 2. The van der Waals surface area contributed by atoms with Gasteiger partial charge in [-0.3, -0.25) is 14.9 Å². The molecule has 34 heavy (non-hydrogen) atoms. The zero-order chi connectivity index (χ0) is 24.1. The van der Waals surface area contributed by atoms with Crippen molar-refractivity contribution in [1.29, 1.82) is 0 Å². The predicted molar refractivity (Wildman–Crippen MR) is 140 cm³/mol. The number of amides is 2. The van der Waals surface area contributed by atoms with E-state index >= 15 is 0 Å². The molecular weight excluding hydrogens is 470 g/mol. The molecule has 0 atom stereocenters. The topological polar surface area (TPSA) is 83.4 Å². The summed E-state index contributed by atoms with van der Waals surface area (Å²) in [7, 11) is 0. The highest BCUT2D eigenvalue weighted by Crippen LogP contribution is 2.23. The summed E-state index contributed by atoms with van der Waals surface area (Å²) in [4.78, 5) is 24.7. The van der Waals surface area contributed by atoms with Crippen molar-refractivity contribution in [3.8, 4) is 0 Å². The lowest BCUT2D eigenvalue weighted by atomic mass is 10.1. The highest BCUT2D eigenvalue weighted by Gasteiger charge is 2.13. The number of carbonyl (C=O) groups is 2. The Morgan fingerprint density at radius 2 is 1.74 bits per heavy atom. The van der Waals surface area contributed by atoms with E-state index in [1.165, 1.54) is 6.08 Å². The Morgan fingerprint density at radius 3 is 2.47 bits per heavy atom. The highest BCUT2D eigenvalue weighted by molar-refractivity contribution is 7.80. The Bertz CT molecular complexity index is 1380. The van der Waals surface area contributed by atoms with Crippen LogP contribution in [-0.4, -0.2) is 16.9 Å². The molecule has 8 heteroatoms. The number of thiocarbonyl (C=S) groups is 1. The van der Waals surface area contributed by atoms with Crippen LogP contribution in [0.3, 0.4) is 0 Å². The van der Waals surface area contributed by atoms with E-state index in [9.17, 15) is 9.59 Å². The van der Waals surface area contributed by atoms with Crippen molar-refractivity contribution in [2.75, 3.05) is 10.6 Å². The fraction of sp³-hybridized carbons (Fsp3) is 0.0385. The number of benzene rings is 3. The number of furan rings is 1. The molecule has 6 nitrogen and oxygen atoms in total. The monoisotopic (exact) mass is 489 g/mol. The molecule has 0 spiro atoms. The smallest absolute Gasteiger partial charge is 0.291 e. The van der Waals surface area contributed by atoms with Gasteiger partial charge >= 0.3 is 0 Å². The first-order valence-corrected chi connectivity index (χ1v) is 11.1. The van der Waals surface area contributed by atoms with E-state index in [-0.39, 0.29) is 22.7 Å². The SMILES string of the molecule is Cc1cc(NC(=S)NC(=O)/C=C/c2ccc(Cl)cc2)ccc1NC(=O)c1cc2ccccc2o1. The molecule has 3 N–H and O–H groups in total. The summed E-state index contributed by atoms with van der Waals surface area (Å²) in [6, 6.07) is 21.6. The van der Waals surface area contributed by atoms with Crippen LogP contribution in [0, 0.1) is 6.92 Å². The van der Waals surface area contributed by atoms with Gasteiger partial charge < -0.3 is 15.1 Å². The molecule has 170 valence electrons. The minimum Gasteiger partial charge on any atom is -0.451 e. The molecule has 1 aromatic heterocycles. The summed E-state index contributed by atoms with van der Waals surface area (Å²) in [5, 5.41) is 10.1. The van der Waals surface area contributed by atoms with Crippen molar-refractivity contribution >= 4 is 69.2 Å². The molecule has 0 saturated carbocycles. The van der Waals surface area contributed by atoms with Crippen LogP contribution in [0.5, 0.6) is 0 Å². The Hall–Kier alpha value is -3.94. The first-order valence-electron chi connectivity index (χ1n) is 10.3. The maximum Gasteiger partial charge on any atom is 0.291 e. The molecule has 0 saturated heterocycles. The largest absolute Gasteiger partial charge is 0.451 e. The number of aryl methyl sites for hydroxylation is 1. The average Bonchev–Trinajstić information content (AvgIpc) is 3.25. The first kappa shape index (κ1) is 23.2. The number of fused-ring (bicyclic) bond motifs is 1. The van der Waals surface area contributed by atoms with Crippen LogP contribution in [0.15, 0.2) is 83.3 Å². The lowest BCUT2D eigenvalue weighted by molar-refractivity contribution is -0.115. The molecule has 2 amide bonds. The average molecular weight is 490 g/mol. The maximum atomic E-state index is 12.6. The fourth-order valence-corrected chi connectivity index (χ4v) is 3.57. The fourth-order valence-electron chi connectivity index (χ4n) is 3.22. The van der Waals surface area contributed by atoms with E-state index in [0.717, 1.165) is 16.5 Å². The van der Waals surface area contributed by atoms with Gasteiger partial charge in [0.1, 0.15) is 5.58 Å². The van der Waals surface area contributed by atoms with Crippen LogP contribution in [0.4, 0.5) is 11.4 Å². The lowest BCUT2D eigenvalue weighted by Crippen LogP contribution is -2.32. The molecule has 0 radical (unpaired) electrons. The standard InChI is InChI=1S/C26H20ClN3O3S/c1-16-14-20(28-26(34)30-24(31)13-8-17-6-9-19(27)10-7-17)11-12-21(16)29-25(32)23-15-18-4-2-3-5-22(18)33-23/h2-15H,1H3,(H,29,32)(H2,28,30,31,34)/b13-8+. The second-order valence-electron chi connectivity index (χ2n) is 7.46. The van der Waals surface area contributed by atoms with Crippen molar-refractivity contribution in [1.82, 2.24) is 5.32 Å². The van der Waals surface area contributed by atoms with Crippen molar-refractivity contribution < 1.29 is 14.0 Å². The number of anilines is 2. The second kappa shape index (κ2) is 10.3. The van der Waals surface area contributed by atoms with E-state index in [0.29, 0.717) is 22.0 Å². The maximum absolute atomic E-state index is 12.6. The zero-order valence-corrected chi connectivity index (χ0v) is 19.7. The van der Waals surface area contributed by atoms with Crippen LogP contribution in [0.25, 0.3) is 17.0 Å². The summed E-state index contributed by atoms with van der Waals surface area (Å²) in [5.41, 5.74) is 3.62. The van der Waals surface area contributed by atoms with Gasteiger partial charge in [-0.15, -0.1) is 0 Å². The molecule has 3 aromatic carbocycles. The Labute approximate surface area is 206 Å². The van der Waals surface area contributed by atoms with E-state index in [2.05, 4.69) is 16.0 Å². The van der Waals surface area contributed by atoms with E-state index in [1.54, 1.807) is 48.5 Å². The highest BCUT2D eigenvalue weighted by atomic mass is 35.5. The Balaban J connectivity index is 1.34. The van der Waals surface area contributed by atoms with Crippen molar-refractivity contribution in [3.05, 3.63) is 101 Å². The van der Waals surface area contributed by atoms with Crippen LogP contribution in [0.1, 0.15) is 21.7 Å². The van der Waals surface area contributed by atoms with Gasteiger partial charge in [0.15, 0.2) is 10.9 Å². The molecule has 4 rings (SSSR count). The van der Waals surface area contributed by atoms with E-state index < -0.39 is 0 Å². The van der Waals surface area contributed by atoms with Gasteiger partial charge in [0.05, 0.1) is 0 Å². The zero-order valence-electron chi connectivity index (χ0n) is 18.1. The third kappa shape index (κ3) is 5.89. The molecule has 1 heterocycles. The summed E-state index contributed by atoms with van der Waals surface area (Å²) in [6.45, 7) is 1.86. The Kier molecular flexibility index (Phi) is 7.06. The minimum atomic E-state index is -0.362. The van der Waals surface area contributed by atoms with Crippen molar-refractivity contribution in [3.63, 3.8) is 0 Å². The quantitative estimate of drug-likeness (QED) is 0.230. The number of hydrogen-bond donors (Lipinski definition) is 3. The summed E-state index contributed by atoms with van der Waals surface area (Å²) in [6.07, 6.45) is 3.05. The normalized spacial score (nSPS) is 10.9. The van der Waals surface area contributed by atoms with Gasteiger partial charge in [0, 0.05) is 27.9 Å². The summed E-state index contributed by atoms with van der Waals surface area (Å²) >= 11 is 11.1. The van der Waals surface area contributed by atoms with Gasteiger partial charge in [-0.25, -0.2) is 0 Å². The van der Waals surface area contributed by atoms with Crippen molar-refractivity contribution in [2.45, 2.75) is 6.92 Å². The molecular formula is C26H20ClN3O3S. The lowest BCUT2D eigenvalue weighted by Gasteiger charge is -2.12. The third-order valence-electron chi connectivity index (χ3n) is 4.92. The van der Waals surface area contributed by atoms with Crippen molar-refractivity contribution in [2.24, 2.45) is 0 Å². The van der Waals surface area contributed by atoms with Crippen LogP contribution in [-0.2, 0) is 4.79 Å². The summed E-state index contributed by atoms with van der Waals surface area (Å²) < 4.78 is 5.62. The molecule has 0 bridgehead atoms. The minimum absolute atomic E-state index is 0.157. The second-order valence-corrected chi connectivity index (χ2v) is 8.31. The molecule has 0 unspecified atom stereocenters. The number of hydrogen-bond acceptors (Lipinski definition) is 4. The number of para-hydroxylation sites is 1. The Morgan fingerprint density at radius 1 is 0.971 bits per heavy atom. The first-order chi connectivity index (χ1) is 16.4. The van der Waals surface area contributed by atoms with Crippen LogP contribution >= 0.6 is 23.8 Å². The van der Waals surface area contributed by atoms with Crippen LogP contribution in [0.2, 0.25) is 5.02 Å². The number of halogens is 1. The van der Waals surface area contributed by atoms with E-state index in [4.69, 9.17) is 28.2 Å². The molecule has 4 aromatic rings. The molecule has 0 aliphatic carbocycles. The summed E-state index contributed by atoms with van der Waals surface area (Å²) in [5.74, 6) is -0.465. The molecule has 0 aliphatic rings. The molecule has 0 fully saturated rings. The van der Waals surface area contributed by atoms with Gasteiger partial charge in [-0.05, 0) is 78.8 Å². The van der Waals surface area contributed by atoms with Gasteiger partial charge in [-0.1, -0.05) is 41.9 Å². The van der Waals surface area contributed by atoms with Gasteiger partial charge in [0.2, 0.25) is 5.91 Å². The van der Waals surface area contributed by atoms with Gasteiger partial charge in [-0.2, -0.15) is 0 Å². The number of rotatable bonds is 5.